The number of pyridine rings is 1. The zero-order valence-electron chi connectivity index (χ0n) is 23.3. The second-order valence-electron chi connectivity index (χ2n) is 11.1. The fraction of sp³-hybridized carbons (Fsp3) is 0.375. The number of benzene rings is 2. The van der Waals surface area contributed by atoms with Gasteiger partial charge in [-0.1, -0.05) is 36.4 Å². The number of carbonyl (C=O) groups excluding carboxylic acids is 3. The molecule has 2 N–H and O–H groups in total. The van der Waals surface area contributed by atoms with Crippen molar-refractivity contribution in [1.82, 2.24) is 9.88 Å². The maximum Gasteiger partial charge on any atom is 0.252 e. The number of anilines is 2. The Labute approximate surface area is 239 Å². The van der Waals surface area contributed by atoms with Crippen molar-refractivity contribution in [3.63, 3.8) is 0 Å². The minimum absolute atomic E-state index is 0.0423. The van der Waals surface area contributed by atoms with E-state index in [4.69, 9.17) is 9.47 Å². The molecule has 0 radical (unpaired) electrons. The summed E-state index contributed by atoms with van der Waals surface area (Å²) in [5, 5.41) is 5.91. The van der Waals surface area contributed by atoms with Gasteiger partial charge in [0.15, 0.2) is 0 Å². The SMILES string of the molecule is COC(C)c1ccccc1CN(CC(=O)Nc1ccc2c(c1)CC1(C2)C(=O)Nc2ncccc21)C(=O)C1CCCO1. The molecule has 1 spiro atoms. The molecule has 41 heavy (non-hydrogen) atoms. The highest BCUT2D eigenvalue weighted by atomic mass is 16.5. The van der Waals surface area contributed by atoms with Crippen LogP contribution in [0.2, 0.25) is 0 Å². The quantitative estimate of drug-likeness (QED) is 0.437. The Morgan fingerprint density at radius 2 is 2.00 bits per heavy atom. The minimum Gasteiger partial charge on any atom is -0.377 e. The van der Waals surface area contributed by atoms with Crippen molar-refractivity contribution in [1.29, 1.82) is 0 Å². The molecule has 0 bridgehead atoms. The molecule has 3 amide bonds. The van der Waals surface area contributed by atoms with Crippen molar-refractivity contribution >= 4 is 29.2 Å². The summed E-state index contributed by atoms with van der Waals surface area (Å²) in [6, 6.07) is 17.4. The van der Waals surface area contributed by atoms with Gasteiger partial charge in [0.1, 0.15) is 18.5 Å². The molecule has 212 valence electrons. The number of hydrogen-bond donors (Lipinski definition) is 2. The monoisotopic (exact) mass is 554 g/mol. The smallest absolute Gasteiger partial charge is 0.252 e. The first-order valence-corrected chi connectivity index (χ1v) is 14.1. The normalized spacial score (nSPS) is 21.3. The summed E-state index contributed by atoms with van der Waals surface area (Å²) in [4.78, 5) is 45.7. The molecule has 3 heterocycles. The average Bonchev–Trinajstić information content (AvgIpc) is 3.71. The maximum atomic E-state index is 13.5. The molecule has 3 atom stereocenters. The lowest BCUT2D eigenvalue weighted by molar-refractivity contribution is -0.143. The summed E-state index contributed by atoms with van der Waals surface area (Å²) in [6.45, 7) is 2.66. The van der Waals surface area contributed by atoms with Crippen molar-refractivity contribution in [2.24, 2.45) is 0 Å². The molecule has 1 aliphatic carbocycles. The van der Waals surface area contributed by atoms with Gasteiger partial charge in [-0.15, -0.1) is 0 Å². The van der Waals surface area contributed by atoms with E-state index in [-0.39, 0.29) is 36.9 Å². The van der Waals surface area contributed by atoms with Crippen LogP contribution in [-0.2, 0) is 48.7 Å². The van der Waals surface area contributed by atoms with Gasteiger partial charge in [0.2, 0.25) is 11.8 Å². The van der Waals surface area contributed by atoms with E-state index in [1.54, 1.807) is 18.2 Å². The predicted molar refractivity (Wildman–Crippen MR) is 153 cm³/mol. The van der Waals surface area contributed by atoms with Crippen LogP contribution in [0.1, 0.15) is 53.7 Å². The van der Waals surface area contributed by atoms with Gasteiger partial charge in [-0.3, -0.25) is 14.4 Å². The number of rotatable bonds is 8. The number of methoxy groups -OCH3 is 1. The molecule has 6 rings (SSSR count). The van der Waals surface area contributed by atoms with Gasteiger partial charge in [-0.25, -0.2) is 4.98 Å². The largest absolute Gasteiger partial charge is 0.377 e. The first-order valence-electron chi connectivity index (χ1n) is 14.1. The molecular weight excluding hydrogens is 520 g/mol. The van der Waals surface area contributed by atoms with E-state index in [0.717, 1.165) is 34.2 Å². The average molecular weight is 555 g/mol. The predicted octanol–water partition coefficient (Wildman–Crippen LogP) is 3.92. The van der Waals surface area contributed by atoms with Gasteiger partial charge in [-0.05, 0) is 73.1 Å². The van der Waals surface area contributed by atoms with Crippen LogP contribution in [0.5, 0.6) is 0 Å². The summed E-state index contributed by atoms with van der Waals surface area (Å²) in [6.07, 6.45) is 3.57. The van der Waals surface area contributed by atoms with Gasteiger partial charge in [0.25, 0.3) is 5.91 Å². The molecule has 3 aliphatic rings. The number of carbonyl (C=O) groups is 3. The lowest BCUT2D eigenvalue weighted by Gasteiger charge is -2.27. The number of nitrogens with zero attached hydrogens (tertiary/aromatic N) is 2. The maximum absolute atomic E-state index is 13.5. The molecular formula is C32H34N4O5. The number of amides is 3. The minimum atomic E-state index is -0.675. The summed E-state index contributed by atoms with van der Waals surface area (Å²) < 4.78 is 11.2. The Morgan fingerprint density at radius 3 is 2.80 bits per heavy atom. The van der Waals surface area contributed by atoms with Crippen LogP contribution in [0.3, 0.4) is 0 Å². The number of fused-ring (bicyclic) bond motifs is 3. The lowest BCUT2D eigenvalue weighted by atomic mass is 9.79. The molecule has 2 aliphatic heterocycles. The van der Waals surface area contributed by atoms with Gasteiger partial charge in [0.05, 0.1) is 11.5 Å². The number of nitrogens with one attached hydrogen (secondary N) is 2. The molecule has 3 unspecified atom stereocenters. The van der Waals surface area contributed by atoms with Gasteiger partial charge in [-0.2, -0.15) is 0 Å². The Hall–Kier alpha value is -4.08. The van der Waals surface area contributed by atoms with Crippen LogP contribution < -0.4 is 10.6 Å². The van der Waals surface area contributed by atoms with Crippen LogP contribution in [0.15, 0.2) is 60.8 Å². The first kappa shape index (κ1) is 27.1. The fourth-order valence-corrected chi connectivity index (χ4v) is 6.31. The van der Waals surface area contributed by atoms with E-state index in [2.05, 4.69) is 15.6 Å². The van der Waals surface area contributed by atoms with Crippen molar-refractivity contribution in [3.8, 4) is 0 Å². The zero-order chi connectivity index (χ0) is 28.6. The Kier molecular flexibility index (Phi) is 7.32. The van der Waals surface area contributed by atoms with Gasteiger partial charge in [0, 0.05) is 37.7 Å². The molecule has 1 aromatic heterocycles. The van der Waals surface area contributed by atoms with Crippen LogP contribution in [0.4, 0.5) is 11.5 Å². The molecule has 0 saturated carbocycles. The standard InChI is InChI=1S/C32H34N4O5/c1-20(40-2)25-8-4-3-7-22(25)18-36(30(38)27-10-6-14-41-27)19-28(37)34-24-12-11-21-16-32(17-23(21)15-24)26-9-5-13-33-29(26)35-31(32)39/h3-5,7-9,11-13,15,20,27H,6,10,14,16-19H2,1-2H3,(H,34,37)(H,33,35,39). The first-order chi connectivity index (χ1) is 19.9. The van der Waals surface area contributed by atoms with Gasteiger partial charge >= 0.3 is 0 Å². The summed E-state index contributed by atoms with van der Waals surface area (Å²) in [5.41, 5.74) is 4.87. The highest BCUT2D eigenvalue weighted by Crippen LogP contribution is 2.46. The Morgan fingerprint density at radius 1 is 1.17 bits per heavy atom. The topological polar surface area (TPSA) is 110 Å². The van der Waals surface area contributed by atoms with E-state index < -0.39 is 11.5 Å². The molecule has 2 aromatic carbocycles. The Balaban J connectivity index is 1.19. The van der Waals surface area contributed by atoms with Crippen molar-refractivity contribution < 1.29 is 23.9 Å². The second kappa shape index (κ2) is 11.1. The fourth-order valence-electron chi connectivity index (χ4n) is 6.31. The third-order valence-corrected chi connectivity index (χ3v) is 8.52. The van der Waals surface area contributed by atoms with Crippen LogP contribution in [-0.4, -0.2) is 54.0 Å². The third kappa shape index (κ3) is 5.11. The lowest BCUT2D eigenvalue weighted by Crippen LogP contribution is -2.43. The number of hydrogen-bond acceptors (Lipinski definition) is 6. The van der Waals surface area contributed by atoms with E-state index in [1.807, 2.05) is 61.5 Å². The van der Waals surface area contributed by atoms with E-state index in [9.17, 15) is 14.4 Å². The molecule has 3 aromatic rings. The number of aromatic nitrogens is 1. The number of ether oxygens (including phenoxy) is 2. The molecule has 9 heteroatoms. The highest BCUT2D eigenvalue weighted by molar-refractivity contribution is 6.06. The van der Waals surface area contributed by atoms with Crippen LogP contribution in [0.25, 0.3) is 0 Å². The van der Waals surface area contributed by atoms with E-state index in [0.29, 0.717) is 37.4 Å². The molecule has 1 fully saturated rings. The second-order valence-corrected chi connectivity index (χ2v) is 11.1. The van der Waals surface area contributed by atoms with Crippen molar-refractivity contribution in [2.45, 2.75) is 56.8 Å². The summed E-state index contributed by atoms with van der Waals surface area (Å²) >= 11 is 0. The van der Waals surface area contributed by atoms with Crippen molar-refractivity contribution in [2.75, 3.05) is 30.9 Å². The highest BCUT2D eigenvalue weighted by Gasteiger charge is 2.51. The summed E-state index contributed by atoms with van der Waals surface area (Å²) in [7, 11) is 1.65. The van der Waals surface area contributed by atoms with Gasteiger partial charge < -0.3 is 25.0 Å². The molecule has 9 nitrogen and oxygen atoms in total. The van der Waals surface area contributed by atoms with E-state index >= 15 is 0 Å². The zero-order valence-corrected chi connectivity index (χ0v) is 23.3. The van der Waals surface area contributed by atoms with Crippen molar-refractivity contribution in [3.05, 3.63) is 88.6 Å². The van der Waals surface area contributed by atoms with E-state index in [1.165, 1.54) is 0 Å². The van der Waals surface area contributed by atoms with Crippen LogP contribution in [0, 0.1) is 0 Å². The third-order valence-electron chi connectivity index (χ3n) is 8.52. The summed E-state index contributed by atoms with van der Waals surface area (Å²) in [5.74, 6) is 0.0954. The Bertz CT molecular complexity index is 1500. The van der Waals surface area contributed by atoms with Crippen LogP contribution >= 0.6 is 0 Å². The molecule has 1 saturated heterocycles.